The average Bonchev–Trinajstić information content (AvgIpc) is 3.52. The van der Waals surface area contributed by atoms with E-state index in [2.05, 4.69) is 24.2 Å². The Morgan fingerprint density at radius 2 is 1.84 bits per heavy atom. The summed E-state index contributed by atoms with van der Waals surface area (Å²) in [6.07, 6.45) is 4.41. The molecule has 0 radical (unpaired) electrons. The number of carbonyl (C=O) groups is 1. The summed E-state index contributed by atoms with van der Waals surface area (Å²) in [5.74, 6) is 1.10. The molecule has 194 valence electrons. The van der Waals surface area contributed by atoms with Crippen molar-refractivity contribution in [3.05, 3.63) is 71.5 Å². The molecule has 1 aliphatic rings. The fraction of sp³-hybridized carbons (Fsp3) is 0.379. The smallest absolute Gasteiger partial charge is 0.255 e. The summed E-state index contributed by atoms with van der Waals surface area (Å²) in [7, 11) is 8.03. The van der Waals surface area contributed by atoms with E-state index in [-0.39, 0.29) is 17.6 Å². The number of carbonyl (C=O) groups excluding carboxylic acids is 1. The lowest BCUT2D eigenvalue weighted by molar-refractivity contribution is 0.0561. The fourth-order valence-electron chi connectivity index (χ4n) is 4.93. The first-order valence-electron chi connectivity index (χ1n) is 12.7. The molecule has 2 aromatic carbocycles. The zero-order chi connectivity index (χ0) is 25.9. The first kappa shape index (κ1) is 25.3. The summed E-state index contributed by atoms with van der Waals surface area (Å²) in [4.78, 5) is 17.8. The van der Waals surface area contributed by atoms with E-state index in [0.717, 1.165) is 45.7 Å². The van der Waals surface area contributed by atoms with Gasteiger partial charge in [0.15, 0.2) is 0 Å². The summed E-state index contributed by atoms with van der Waals surface area (Å²) in [5.41, 5.74) is 1.71. The highest BCUT2D eigenvalue weighted by Gasteiger charge is 2.30. The van der Waals surface area contributed by atoms with Crippen molar-refractivity contribution in [2.45, 2.75) is 44.4 Å². The number of hydrogen-bond acceptors (Lipinski definition) is 8. The van der Waals surface area contributed by atoms with Crippen LogP contribution in [0.25, 0.3) is 10.1 Å². The highest BCUT2D eigenvalue weighted by atomic mass is 32.1. The van der Waals surface area contributed by atoms with Crippen molar-refractivity contribution >= 4 is 32.2 Å². The van der Waals surface area contributed by atoms with E-state index in [0.29, 0.717) is 24.1 Å². The Hall–Kier alpha value is -3.36. The van der Waals surface area contributed by atoms with Gasteiger partial charge in [0.25, 0.3) is 5.88 Å². The minimum Gasteiger partial charge on any atom is -0.489 e. The van der Waals surface area contributed by atoms with Crippen LogP contribution in [0.4, 0.5) is 5.00 Å². The predicted octanol–water partition coefficient (Wildman–Crippen LogP) is 6.02. The molecule has 37 heavy (non-hydrogen) atoms. The van der Waals surface area contributed by atoms with Crippen molar-refractivity contribution in [2.75, 3.05) is 33.1 Å². The zero-order valence-electron chi connectivity index (χ0n) is 21.8. The van der Waals surface area contributed by atoms with Crippen LogP contribution in [-0.2, 0) is 6.61 Å². The van der Waals surface area contributed by atoms with Crippen molar-refractivity contribution in [1.29, 1.82) is 0 Å². The van der Waals surface area contributed by atoms with Gasteiger partial charge in [-0.1, -0.05) is 36.8 Å². The van der Waals surface area contributed by atoms with Gasteiger partial charge in [-0.05, 0) is 62.3 Å². The van der Waals surface area contributed by atoms with Crippen molar-refractivity contribution in [3.63, 3.8) is 0 Å². The number of rotatable bonds is 9. The topological polar surface area (TPSA) is 68.0 Å². The monoisotopic (exact) mass is 519 g/mol. The number of thiophene rings is 1. The van der Waals surface area contributed by atoms with Crippen LogP contribution in [0.5, 0.6) is 11.6 Å². The van der Waals surface area contributed by atoms with Gasteiger partial charge in [0, 0.05) is 30.2 Å². The molecule has 0 spiro atoms. The first-order valence-corrected chi connectivity index (χ1v) is 13.5. The minimum absolute atomic E-state index is 0.0328. The molecular formula is C29H33N3O4S. The van der Waals surface area contributed by atoms with Crippen LogP contribution in [-0.4, -0.2) is 56.2 Å². The molecule has 0 amide bonds. The van der Waals surface area contributed by atoms with Crippen LogP contribution in [0.1, 0.15) is 47.4 Å². The average molecular weight is 520 g/mol. The molecule has 0 saturated heterocycles. The quantitative estimate of drug-likeness (QED) is 0.251. The number of hydrogen-bond donors (Lipinski definition) is 0. The van der Waals surface area contributed by atoms with Gasteiger partial charge < -0.3 is 23.8 Å². The van der Waals surface area contributed by atoms with E-state index in [1.165, 1.54) is 6.42 Å². The Morgan fingerprint density at radius 3 is 2.59 bits per heavy atom. The van der Waals surface area contributed by atoms with Gasteiger partial charge in [0.1, 0.15) is 23.5 Å². The molecule has 0 N–H and O–H groups in total. The standard InChI is InChI=1S/C29H33N3O4S/c1-31(2)22-12-8-9-13-23(22)35-26-17-24(36-30-26)28(33)27-21-15-14-20(16-25(21)37-29(27)32(3)4)34-18-19-10-6-5-7-11-19/h5-7,10-11,14-17,22-23H,8-9,12-13,18H2,1-4H3/t22-,23-/m0/s1. The Balaban J connectivity index is 1.38. The first-order chi connectivity index (χ1) is 17.9. The van der Waals surface area contributed by atoms with Crippen molar-refractivity contribution < 1.29 is 18.8 Å². The maximum absolute atomic E-state index is 13.7. The normalized spacial score (nSPS) is 17.8. The molecule has 0 bridgehead atoms. The number of fused-ring (bicyclic) bond motifs is 1. The van der Waals surface area contributed by atoms with Gasteiger partial charge in [-0.25, -0.2) is 0 Å². The second-order valence-electron chi connectivity index (χ2n) is 9.94. The Labute approximate surface area is 221 Å². The number of aromatic nitrogens is 1. The molecule has 8 heteroatoms. The fourth-order valence-corrected chi connectivity index (χ4v) is 6.09. The van der Waals surface area contributed by atoms with Crippen molar-refractivity contribution in [3.8, 4) is 11.6 Å². The van der Waals surface area contributed by atoms with Crippen LogP contribution in [0.2, 0.25) is 0 Å². The number of benzene rings is 2. The molecule has 1 fully saturated rings. The van der Waals surface area contributed by atoms with E-state index < -0.39 is 0 Å². The lowest BCUT2D eigenvalue weighted by Gasteiger charge is -2.35. The third kappa shape index (κ3) is 5.50. The SMILES string of the molecule is CN(C)c1sc2cc(OCc3ccccc3)ccc2c1C(=O)c1cc(O[C@H]2CCCC[C@@H]2N(C)C)no1. The highest BCUT2D eigenvalue weighted by molar-refractivity contribution is 7.23. The van der Waals surface area contributed by atoms with Crippen LogP contribution >= 0.6 is 11.3 Å². The lowest BCUT2D eigenvalue weighted by Crippen LogP contribution is -2.44. The molecule has 5 rings (SSSR count). The largest absolute Gasteiger partial charge is 0.489 e. The summed E-state index contributed by atoms with van der Waals surface area (Å²) in [6, 6.07) is 17.9. The maximum Gasteiger partial charge on any atom is 0.255 e. The van der Waals surface area contributed by atoms with E-state index in [1.54, 1.807) is 17.4 Å². The second kappa shape index (κ2) is 10.9. The summed E-state index contributed by atoms with van der Waals surface area (Å²) in [6.45, 7) is 0.487. The van der Waals surface area contributed by atoms with Crippen LogP contribution in [0.15, 0.2) is 59.1 Å². The molecule has 2 aromatic heterocycles. The van der Waals surface area contributed by atoms with Gasteiger partial charge in [-0.15, -0.1) is 11.3 Å². The lowest BCUT2D eigenvalue weighted by atomic mass is 9.92. The van der Waals surface area contributed by atoms with E-state index >= 15 is 0 Å². The van der Waals surface area contributed by atoms with Gasteiger partial charge in [0.2, 0.25) is 11.5 Å². The van der Waals surface area contributed by atoms with Gasteiger partial charge in [-0.2, -0.15) is 0 Å². The van der Waals surface area contributed by atoms with Gasteiger partial charge >= 0.3 is 0 Å². The van der Waals surface area contributed by atoms with Gasteiger partial charge in [0.05, 0.1) is 11.6 Å². The number of ketones is 1. The van der Waals surface area contributed by atoms with E-state index in [9.17, 15) is 4.79 Å². The third-order valence-corrected chi connectivity index (χ3v) is 8.16. The van der Waals surface area contributed by atoms with E-state index in [1.807, 2.05) is 67.5 Å². The maximum atomic E-state index is 13.7. The second-order valence-corrected chi connectivity index (χ2v) is 11.0. The summed E-state index contributed by atoms with van der Waals surface area (Å²) >= 11 is 1.56. The van der Waals surface area contributed by atoms with Crippen LogP contribution in [0, 0.1) is 0 Å². The number of ether oxygens (including phenoxy) is 2. The molecule has 1 saturated carbocycles. The molecular weight excluding hydrogens is 486 g/mol. The minimum atomic E-state index is -0.206. The van der Waals surface area contributed by atoms with Crippen LogP contribution in [0.3, 0.4) is 0 Å². The molecule has 7 nitrogen and oxygen atoms in total. The third-order valence-electron chi connectivity index (χ3n) is 6.84. The molecule has 0 unspecified atom stereocenters. The number of likely N-dealkylation sites (N-methyl/N-ethyl adjacent to an activating group) is 1. The molecule has 4 aromatic rings. The van der Waals surface area contributed by atoms with Crippen molar-refractivity contribution in [1.82, 2.24) is 10.1 Å². The molecule has 2 atom stereocenters. The Bertz CT molecular complexity index is 1360. The van der Waals surface area contributed by atoms with Crippen LogP contribution < -0.4 is 14.4 Å². The molecule has 2 heterocycles. The Kier molecular flexibility index (Phi) is 7.48. The Morgan fingerprint density at radius 1 is 1.05 bits per heavy atom. The number of anilines is 1. The van der Waals surface area contributed by atoms with Crippen molar-refractivity contribution in [2.24, 2.45) is 0 Å². The van der Waals surface area contributed by atoms with E-state index in [4.69, 9.17) is 14.0 Å². The molecule has 1 aliphatic carbocycles. The zero-order valence-corrected chi connectivity index (χ0v) is 22.6. The highest BCUT2D eigenvalue weighted by Crippen LogP contribution is 2.40. The summed E-state index contributed by atoms with van der Waals surface area (Å²) < 4.78 is 18.7. The van der Waals surface area contributed by atoms with Gasteiger partial charge in [-0.3, -0.25) is 4.79 Å². The number of nitrogens with zero attached hydrogens (tertiary/aromatic N) is 3. The summed E-state index contributed by atoms with van der Waals surface area (Å²) in [5, 5.41) is 5.82. The predicted molar refractivity (Wildman–Crippen MR) is 147 cm³/mol. The molecule has 0 aliphatic heterocycles.